The molecule has 0 amide bonds. The average molecular weight is 275 g/mol. The van der Waals surface area contributed by atoms with Crippen LogP contribution in [-0.2, 0) is 0 Å². The second kappa shape index (κ2) is 7.88. The van der Waals surface area contributed by atoms with Gasteiger partial charge in [-0.1, -0.05) is 25.1 Å². The number of nitrogens with zero attached hydrogens (tertiary/aromatic N) is 2. The van der Waals surface area contributed by atoms with Crippen molar-refractivity contribution >= 4 is 0 Å². The van der Waals surface area contributed by atoms with Crippen LogP contribution < -0.4 is 10.5 Å². The maximum Gasteiger partial charge on any atom is 0.123 e. The van der Waals surface area contributed by atoms with E-state index in [-0.39, 0.29) is 18.0 Å². The van der Waals surface area contributed by atoms with Crippen molar-refractivity contribution in [1.82, 2.24) is 4.90 Å². The fourth-order valence-corrected chi connectivity index (χ4v) is 2.56. The van der Waals surface area contributed by atoms with Gasteiger partial charge < -0.3 is 10.5 Å². The van der Waals surface area contributed by atoms with Crippen LogP contribution in [0.25, 0.3) is 0 Å². The Hall–Kier alpha value is -1.57. The monoisotopic (exact) mass is 275 g/mol. The zero-order valence-corrected chi connectivity index (χ0v) is 12.8. The van der Waals surface area contributed by atoms with E-state index in [1.54, 1.807) is 7.11 Å². The molecule has 0 aliphatic carbocycles. The molecule has 1 rings (SSSR count). The van der Waals surface area contributed by atoms with E-state index in [0.29, 0.717) is 6.54 Å². The standard InChI is InChI=1S/C16H25N3O/c1-5-19(11-12(2)10-17)16(13(3)18)14-8-6-7-9-15(14)20-4/h6-9,12-13,16H,5,11,18H2,1-4H3. The van der Waals surface area contributed by atoms with Crippen LogP contribution in [0.4, 0.5) is 0 Å². The molecule has 0 fully saturated rings. The molecular formula is C16H25N3O. The van der Waals surface area contributed by atoms with Crippen molar-refractivity contribution in [3.8, 4) is 11.8 Å². The molecule has 4 nitrogen and oxygen atoms in total. The zero-order valence-electron chi connectivity index (χ0n) is 12.8. The predicted octanol–water partition coefficient (Wildman–Crippen LogP) is 2.57. The molecule has 0 radical (unpaired) electrons. The number of rotatable bonds is 7. The number of nitriles is 1. The topological polar surface area (TPSA) is 62.3 Å². The Bertz CT molecular complexity index is 453. The number of para-hydroxylation sites is 1. The first-order valence-corrected chi connectivity index (χ1v) is 7.07. The predicted molar refractivity (Wildman–Crippen MR) is 81.4 cm³/mol. The Labute approximate surface area is 122 Å². The van der Waals surface area contributed by atoms with E-state index in [4.69, 9.17) is 15.7 Å². The number of hydrogen-bond donors (Lipinski definition) is 1. The first-order chi connectivity index (χ1) is 9.54. The molecule has 3 atom stereocenters. The first kappa shape index (κ1) is 16.5. The maximum absolute atomic E-state index is 9.04. The van der Waals surface area contributed by atoms with Gasteiger partial charge in [0.25, 0.3) is 0 Å². The van der Waals surface area contributed by atoms with Crippen LogP contribution in [-0.4, -0.2) is 31.1 Å². The molecule has 0 aromatic heterocycles. The quantitative estimate of drug-likeness (QED) is 0.830. The second-order valence-electron chi connectivity index (χ2n) is 5.16. The van der Waals surface area contributed by atoms with E-state index in [0.717, 1.165) is 17.9 Å². The summed E-state index contributed by atoms with van der Waals surface area (Å²) in [4.78, 5) is 2.25. The van der Waals surface area contributed by atoms with Crippen molar-refractivity contribution < 1.29 is 4.74 Å². The Morgan fingerprint density at radius 3 is 2.50 bits per heavy atom. The highest BCUT2D eigenvalue weighted by atomic mass is 16.5. The number of ether oxygens (including phenoxy) is 1. The minimum absolute atomic E-state index is 0.0223. The van der Waals surface area contributed by atoms with Crippen LogP contribution in [0.5, 0.6) is 5.75 Å². The summed E-state index contributed by atoms with van der Waals surface area (Å²) in [6.07, 6.45) is 0. The SMILES string of the molecule is CCN(CC(C)C#N)C(c1ccccc1OC)C(C)N. The molecule has 20 heavy (non-hydrogen) atoms. The Balaban J connectivity index is 3.12. The smallest absolute Gasteiger partial charge is 0.123 e. The lowest BCUT2D eigenvalue weighted by Crippen LogP contribution is -2.41. The minimum atomic E-state index is -0.0443. The highest BCUT2D eigenvalue weighted by molar-refractivity contribution is 5.36. The van der Waals surface area contributed by atoms with Gasteiger partial charge in [0.2, 0.25) is 0 Å². The van der Waals surface area contributed by atoms with Crippen LogP contribution >= 0.6 is 0 Å². The van der Waals surface area contributed by atoms with Crippen LogP contribution in [0.15, 0.2) is 24.3 Å². The van der Waals surface area contributed by atoms with Crippen molar-refractivity contribution in [3.05, 3.63) is 29.8 Å². The fourth-order valence-electron chi connectivity index (χ4n) is 2.56. The van der Waals surface area contributed by atoms with Gasteiger partial charge in [-0.2, -0.15) is 5.26 Å². The third kappa shape index (κ3) is 3.96. The highest BCUT2D eigenvalue weighted by Crippen LogP contribution is 2.31. The summed E-state index contributed by atoms with van der Waals surface area (Å²) in [5, 5.41) is 9.04. The van der Waals surface area contributed by atoms with Gasteiger partial charge in [0.1, 0.15) is 5.75 Å². The molecule has 0 aliphatic heterocycles. The molecule has 0 saturated carbocycles. The first-order valence-electron chi connectivity index (χ1n) is 7.07. The van der Waals surface area contributed by atoms with Crippen LogP contribution in [0.3, 0.4) is 0 Å². The average Bonchev–Trinajstić information content (AvgIpc) is 2.46. The van der Waals surface area contributed by atoms with Crippen molar-refractivity contribution in [1.29, 1.82) is 5.26 Å². The summed E-state index contributed by atoms with van der Waals surface area (Å²) in [5.74, 6) is 0.823. The number of benzene rings is 1. The molecule has 0 bridgehead atoms. The largest absolute Gasteiger partial charge is 0.496 e. The summed E-state index contributed by atoms with van der Waals surface area (Å²) < 4.78 is 5.46. The Kier molecular flexibility index (Phi) is 6.50. The van der Waals surface area contributed by atoms with E-state index < -0.39 is 0 Å². The third-order valence-electron chi connectivity index (χ3n) is 3.48. The van der Waals surface area contributed by atoms with E-state index in [1.165, 1.54) is 0 Å². The van der Waals surface area contributed by atoms with Gasteiger partial charge in [0.05, 0.1) is 25.1 Å². The molecule has 3 unspecified atom stereocenters. The molecule has 4 heteroatoms. The van der Waals surface area contributed by atoms with Gasteiger partial charge in [-0.25, -0.2) is 0 Å². The molecule has 0 spiro atoms. The summed E-state index contributed by atoms with van der Waals surface area (Å²) >= 11 is 0. The lowest BCUT2D eigenvalue weighted by Gasteiger charge is -2.35. The number of likely N-dealkylation sites (N-methyl/N-ethyl adjacent to an activating group) is 1. The summed E-state index contributed by atoms with van der Waals surface area (Å²) in [7, 11) is 1.67. The van der Waals surface area contributed by atoms with E-state index >= 15 is 0 Å². The zero-order chi connectivity index (χ0) is 15.1. The van der Waals surface area contributed by atoms with Crippen LogP contribution in [0.2, 0.25) is 0 Å². The van der Waals surface area contributed by atoms with Crippen molar-refractivity contribution in [3.63, 3.8) is 0 Å². The summed E-state index contributed by atoms with van der Waals surface area (Å²) in [5.41, 5.74) is 7.29. The molecular weight excluding hydrogens is 250 g/mol. The molecule has 0 saturated heterocycles. The lowest BCUT2D eigenvalue weighted by molar-refractivity contribution is 0.170. The van der Waals surface area contributed by atoms with Crippen molar-refractivity contribution in [2.24, 2.45) is 11.7 Å². The molecule has 110 valence electrons. The molecule has 1 aromatic rings. The van der Waals surface area contributed by atoms with Gasteiger partial charge in [-0.15, -0.1) is 0 Å². The molecule has 0 aliphatic rings. The number of hydrogen-bond acceptors (Lipinski definition) is 4. The van der Waals surface area contributed by atoms with Gasteiger partial charge in [-0.3, -0.25) is 4.90 Å². The minimum Gasteiger partial charge on any atom is -0.496 e. The van der Waals surface area contributed by atoms with Gasteiger partial charge in [0.15, 0.2) is 0 Å². The summed E-state index contributed by atoms with van der Waals surface area (Å²) in [6.45, 7) is 7.57. The van der Waals surface area contributed by atoms with Gasteiger partial charge in [-0.05, 0) is 26.5 Å². The fraction of sp³-hybridized carbons (Fsp3) is 0.562. The molecule has 0 heterocycles. The number of nitrogens with two attached hydrogens (primary N) is 1. The lowest BCUT2D eigenvalue weighted by atomic mass is 9.97. The molecule has 1 aromatic carbocycles. The van der Waals surface area contributed by atoms with Gasteiger partial charge in [0, 0.05) is 18.2 Å². The number of methoxy groups -OCH3 is 1. The van der Waals surface area contributed by atoms with E-state index in [2.05, 4.69) is 17.9 Å². The second-order valence-corrected chi connectivity index (χ2v) is 5.16. The third-order valence-corrected chi connectivity index (χ3v) is 3.48. The van der Waals surface area contributed by atoms with Crippen molar-refractivity contribution in [2.45, 2.75) is 32.9 Å². The van der Waals surface area contributed by atoms with Crippen LogP contribution in [0, 0.1) is 17.2 Å². The molecule has 2 N–H and O–H groups in total. The van der Waals surface area contributed by atoms with Crippen LogP contribution in [0.1, 0.15) is 32.4 Å². The van der Waals surface area contributed by atoms with Gasteiger partial charge >= 0.3 is 0 Å². The Morgan fingerprint density at radius 1 is 1.35 bits per heavy atom. The van der Waals surface area contributed by atoms with E-state index in [1.807, 2.05) is 38.1 Å². The highest BCUT2D eigenvalue weighted by Gasteiger charge is 2.26. The Morgan fingerprint density at radius 2 is 2.00 bits per heavy atom. The van der Waals surface area contributed by atoms with Crippen molar-refractivity contribution in [2.75, 3.05) is 20.2 Å². The summed E-state index contributed by atoms with van der Waals surface area (Å²) in [6, 6.07) is 10.2. The maximum atomic E-state index is 9.04. The normalized spacial score (nSPS) is 15.4. The van der Waals surface area contributed by atoms with E-state index in [9.17, 15) is 0 Å².